The first-order valence-corrected chi connectivity index (χ1v) is 7.05. The summed E-state index contributed by atoms with van der Waals surface area (Å²) in [6.07, 6.45) is 2.66. The Morgan fingerprint density at radius 3 is 2.68 bits per heavy atom. The Morgan fingerprint density at radius 2 is 2.05 bits per heavy atom. The van der Waals surface area contributed by atoms with Gasteiger partial charge in [0.2, 0.25) is 0 Å². The zero-order chi connectivity index (χ0) is 13.7. The average molecular weight is 263 g/mol. The monoisotopic (exact) mass is 263 g/mol. The van der Waals surface area contributed by atoms with Crippen LogP contribution in [0.1, 0.15) is 37.8 Å². The van der Waals surface area contributed by atoms with E-state index in [-0.39, 0.29) is 5.60 Å². The highest BCUT2D eigenvalue weighted by Gasteiger charge is 2.31. The zero-order valence-electron chi connectivity index (χ0n) is 12.2. The minimum atomic E-state index is 0.0559. The third-order valence-corrected chi connectivity index (χ3v) is 3.66. The summed E-state index contributed by atoms with van der Waals surface area (Å²) in [6, 6.07) is 8.41. The molecule has 1 saturated heterocycles. The maximum atomic E-state index is 5.98. The number of rotatable bonds is 6. The third kappa shape index (κ3) is 4.30. The van der Waals surface area contributed by atoms with Crippen molar-refractivity contribution in [3.8, 4) is 0 Å². The Labute approximate surface area is 116 Å². The van der Waals surface area contributed by atoms with Crippen molar-refractivity contribution in [2.45, 2.75) is 51.5 Å². The Balaban J connectivity index is 1.80. The first kappa shape index (κ1) is 14.5. The van der Waals surface area contributed by atoms with Crippen molar-refractivity contribution in [1.82, 2.24) is 5.32 Å². The molecule has 1 fully saturated rings. The highest BCUT2D eigenvalue weighted by atomic mass is 16.5. The topological polar surface area (TPSA) is 30.5 Å². The number of methoxy groups -OCH3 is 1. The first-order chi connectivity index (χ1) is 9.11. The highest BCUT2D eigenvalue weighted by Crippen LogP contribution is 2.28. The fourth-order valence-electron chi connectivity index (χ4n) is 2.62. The molecule has 1 N–H and O–H groups in total. The van der Waals surface area contributed by atoms with Crippen LogP contribution in [-0.2, 0) is 22.6 Å². The van der Waals surface area contributed by atoms with E-state index in [4.69, 9.17) is 9.47 Å². The summed E-state index contributed by atoms with van der Waals surface area (Å²) < 4.78 is 11.2. The van der Waals surface area contributed by atoms with Gasteiger partial charge in [-0.1, -0.05) is 24.3 Å². The Morgan fingerprint density at radius 1 is 1.32 bits per heavy atom. The molecule has 1 atom stereocenters. The van der Waals surface area contributed by atoms with Crippen LogP contribution in [0.4, 0.5) is 0 Å². The Kier molecular flexibility index (Phi) is 4.97. The van der Waals surface area contributed by atoms with Gasteiger partial charge in [0, 0.05) is 20.2 Å². The van der Waals surface area contributed by atoms with Crippen molar-refractivity contribution in [2.75, 3.05) is 13.7 Å². The maximum absolute atomic E-state index is 5.98. The minimum Gasteiger partial charge on any atom is -0.380 e. The number of hydrogen-bond acceptors (Lipinski definition) is 3. The van der Waals surface area contributed by atoms with E-state index in [1.165, 1.54) is 11.1 Å². The fraction of sp³-hybridized carbons (Fsp3) is 0.625. The lowest BCUT2D eigenvalue weighted by atomic mass is 10.1. The van der Waals surface area contributed by atoms with E-state index in [1.807, 2.05) is 0 Å². The first-order valence-electron chi connectivity index (χ1n) is 7.05. The van der Waals surface area contributed by atoms with Gasteiger partial charge >= 0.3 is 0 Å². The van der Waals surface area contributed by atoms with E-state index in [0.29, 0.717) is 12.7 Å². The molecule has 1 aromatic rings. The van der Waals surface area contributed by atoms with Gasteiger partial charge in [-0.3, -0.25) is 0 Å². The van der Waals surface area contributed by atoms with Crippen LogP contribution >= 0.6 is 0 Å². The van der Waals surface area contributed by atoms with Crippen LogP contribution in [0.5, 0.6) is 0 Å². The van der Waals surface area contributed by atoms with Gasteiger partial charge in [-0.25, -0.2) is 0 Å². The SMILES string of the molecule is COCc1ccccc1CNCC1CCC(C)(C)O1. The molecule has 0 saturated carbocycles. The van der Waals surface area contributed by atoms with Crippen molar-refractivity contribution < 1.29 is 9.47 Å². The Hall–Kier alpha value is -0.900. The minimum absolute atomic E-state index is 0.0559. The van der Waals surface area contributed by atoms with E-state index < -0.39 is 0 Å². The smallest absolute Gasteiger partial charge is 0.0716 e. The summed E-state index contributed by atoms with van der Waals surface area (Å²) in [6.45, 7) is 6.80. The molecule has 1 unspecified atom stereocenters. The molecule has 0 bridgehead atoms. The molecule has 0 amide bonds. The molecule has 1 aliphatic heterocycles. The largest absolute Gasteiger partial charge is 0.380 e. The van der Waals surface area contributed by atoms with E-state index in [0.717, 1.165) is 25.9 Å². The van der Waals surface area contributed by atoms with E-state index in [1.54, 1.807) is 7.11 Å². The number of ether oxygens (including phenoxy) is 2. The molecule has 2 rings (SSSR count). The third-order valence-electron chi connectivity index (χ3n) is 3.66. The van der Waals surface area contributed by atoms with Gasteiger partial charge in [-0.15, -0.1) is 0 Å². The molecular weight excluding hydrogens is 238 g/mol. The summed E-state index contributed by atoms with van der Waals surface area (Å²) in [5.41, 5.74) is 2.62. The molecule has 0 spiro atoms. The van der Waals surface area contributed by atoms with Crippen LogP contribution in [0.2, 0.25) is 0 Å². The summed E-state index contributed by atoms with van der Waals surface area (Å²) in [5.74, 6) is 0. The fourth-order valence-corrected chi connectivity index (χ4v) is 2.62. The van der Waals surface area contributed by atoms with E-state index in [9.17, 15) is 0 Å². The lowest BCUT2D eigenvalue weighted by Crippen LogP contribution is -2.29. The summed E-state index contributed by atoms with van der Waals surface area (Å²) in [7, 11) is 1.73. The lowest BCUT2D eigenvalue weighted by molar-refractivity contribution is -0.0143. The molecule has 0 aromatic heterocycles. The predicted octanol–water partition coefficient (Wildman–Crippen LogP) is 2.88. The van der Waals surface area contributed by atoms with Gasteiger partial charge in [-0.2, -0.15) is 0 Å². The average Bonchev–Trinajstić information content (AvgIpc) is 2.71. The second kappa shape index (κ2) is 6.51. The molecule has 0 aliphatic carbocycles. The molecule has 1 aliphatic rings. The normalized spacial score (nSPS) is 21.7. The zero-order valence-corrected chi connectivity index (χ0v) is 12.2. The van der Waals surface area contributed by atoms with E-state index in [2.05, 4.69) is 43.4 Å². The van der Waals surface area contributed by atoms with Crippen LogP contribution in [0.25, 0.3) is 0 Å². The van der Waals surface area contributed by atoms with E-state index >= 15 is 0 Å². The number of benzene rings is 1. The van der Waals surface area contributed by atoms with Gasteiger partial charge in [0.15, 0.2) is 0 Å². The molecule has 106 valence electrons. The predicted molar refractivity (Wildman–Crippen MR) is 77.0 cm³/mol. The molecule has 0 radical (unpaired) electrons. The van der Waals surface area contributed by atoms with Gasteiger partial charge in [-0.05, 0) is 37.8 Å². The van der Waals surface area contributed by atoms with Crippen LogP contribution in [-0.4, -0.2) is 25.4 Å². The van der Waals surface area contributed by atoms with Crippen LogP contribution in [0.3, 0.4) is 0 Å². The van der Waals surface area contributed by atoms with Crippen molar-refractivity contribution in [3.63, 3.8) is 0 Å². The lowest BCUT2D eigenvalue weighted by Gasteiger charge is -2.19. The Bertz CT molecular complexity index is 403. The molecular formula is C16H25NO2. The second-order valence-electron chi connectivity index (χ2n) is 5.87. The van der Waals surface area contributed by atoms with Crippen LogP contribution in [0.15, 0.2) is 24.3 Å². The maximum Gasteiger partial charge on any atom is 0.0716 e. The standard InChI is InChI=1S/C16H25NO2/c1-16(2)9-8-15(19-16)11-17-10-13-6-4-5-7-14(13)12-18-3/h4-7,15,17H,8-12H2,1-3H3. The summed E-state index contributed by atoms with van der Waals surface area (Å²) in [5, 5.41) is 3.50. The second-order valence-corrected chi connectivity index (χ2v) is 5.87. The quantitative estimate of drug-likeness (QED) is 0.856. The van der Waals surface area contributed by atoms with Gasteiger partial charge in [0.05, 0.1) is 18.3 Å². The summed E-state index contributed by atoms with van der Waals surface area (Å²) in [4.78, 5) is 0. The molecule has 1 aromatic carbocycles. The van der Waals surface area contributed by atoms with Crippen molar-refractivity contribution in [1.29, 1.82) is 0 Å². The number of hydrogen-bond donors (Lipinski definition) is 1. The van der Waals surface area contributed by atoms with Crippen molar-refractivity contribution in [3.05, 3.63) is 35.4 Å². The van der Waals surface area contributed by atoms with Crippen LogP contribution in [0, 0.1) is 0 Å². The van der Waals surface area contributed by atoms with Crippen molar-refractivity contribution in [2.24, 2.45) is 0 Å². The van der Waals surface area contributed by atoms with Crippen molar-refractivity contribution >= 4 is 0 Å². The van der Waals surface area contributed by atoms with Crippen LogP contribution < -0.4 is 5.32 Å². The molecule has 19 heavy (non-hydrogen) atoms. The molecule has 3 nitrogen and oxygen atoms in total. The summed E-state index contributed by atoms with van der Waals surface area (Å²) >= 11 is 0. The molecule has 1 heterocycles. The molecule has 3 heteroatoms. The van der Waals surface area contributed by atoms with Gasteiger partial charge in [0.1, 0.15) is 0 Å². The van der Waals surface area contributed by atoms with Gasteiger partial charge in [0.25, 0.3) is 0 Å². The number of nitrogens with one attached hydrogen (secondary N) is 1. The van der Waals surface area contributed by atoms with Gasteiger partial charge < -0.3 is 14.8 Å². The highest BCUT2D eigenvalue weighted by molar-refractivity contribution is 5.26.